The van der Waals surface area contributed by atoms with Crippen LogP contribution in [0.5, 0.6) is 11.5 Å². The molecule has 2 saturated heterocycles. The third-order valence-electron chi connectivity index (χ3n) is 7.46. The Labute approximate surface area is 233 Å². The topological polar surface area (TPSA) is 97.8 Å². The maximum absolute atomic E-state index is 13.1. The summed E-state index contributed by atoms with van der Waals surface area (Å²) in [5, 5.41) is 9.66. The van der Waals surface area contributed by atoms with Gasteiger partial charge in [0.2, 0.25) is 0 Å². The SMILES string of the molecule is COC.COC.O=C(O)c1ccc2c(c1)C1(OC2=O)c2ccc(N3CCC3)cc2Oc2cc(N3CCC3)ccc21. The number of ether oxygens (including phenoxy) is 4. The first-order valence-corrected chi connectivity index (χ1v) is 13.3. The van der Waals surface area contributed by atoms with Crippen molar-refractivity contribution < 1.29 is 33.6 Å². The molecule has 9 nitrogen and oxygen atoms in total. The van der Waals surface area contributed by atoms with Gasteiger partial charge in [-0.1, -0.05) is 0 Å². The largest absolute Gasteiger partial charge is 0.478 e. The van der Waals surface area contributed by atoms with Crippen molar-refractivity contribution in [3.8, 4) is 11.5 Å². The summed E-state index contributed by atoms with van der Waals surface area (Å²) in [6.07, 6.45) is 2.32. The minimum Gasteiger partial charge on any atom is -0.478 e. The number of aromatic carboxylic acids is 1. The fourth-order valence-electron chi connectivity index (χ4n) is 5.37. The summed E-state index contributed by atoms with van der Waals surface area (Å²) in [5.74, 6) is -0.270. The monoisotopic (exact) mass is 546 g/mol. The molecule has 1 N–H and O–H groups in total. The second-order valence-corrected chi connectivity index (χ2v) is 10.1. The molecule has 210 valence electrons. The number of rotatable bonds is 3. The molecule has 7 rings (SSSR count). The van der Waals surface area contributed by atoms with Gasteiger partial charge in [0.05, 0.1) is 11.1 Å². The summed E-state index contributed by atoms with van der Waals surface area (Å²) < 4.78 is 21.1. The van der Waals surface area contributed by atoms with Crippen LogP contribution < -0.4 is 14.5 Å². The van der Waals surface area contributed by atoms with Gasteiger partial charge in [-0.25, -0.2) is 9.59 Å². The molecule has 9 heteroatoms. The molecule has 0 bridgehead atoms. The molecular weight excluding hydrogens is 512 g/mol. The number of hydrogen-bond acceptors (Lipinski definition) is 8. The van der Waals surface area contributed by atoms with Crippen LogP contribution in [0.2, 0.25) is 0 Å². The molecule has 0 saturated carbocycles. The fourth-order valence-corrected chi connectivity index (χ4v) is 5.37. The summed E-state index contributed by atoms with van der Waals surface area (Å²) in [7, 11) is 6.50. The van der Waals surface area contributed by atoms with E-state index < -0.39 is 17.5 Å². The van der Waals surface area contributed by atoms with Crippen molar-refractivity contribution >= 4 is 23.3 Å². The molecule has 0 aromatic heterocycles. The molecule has 4 heterocycles. The van der Waals surface area contributed by atoms with E-state index in [1.165, 1.54) is 6.07 Å². The Bertz CT molecular complexity index is 1360. The molecule has 0 radical (unpaired) electrons. The maximum atomic E-state index is 13.1. The van der Waals surface area contributed by atoms with Crippen LogP contribution in [-0.4, -0.2) is 71.7 Å². The van der Waals surface area contributed by atoms with Gasteiger partial charge in [0.15, 0.2) is 5.60 Å². The standard InChI is InChI=1S/C27H22N2O5.2C2H6O/c30-25(31)16-3-6-19-22(13-16)27(34-26(19)32)20-7-4-17(28-9-1-10-28)14-23(20)33-24-15-18(5-8-21(24)27)29-11-2-12-29;2*1-3-2/h3-8,13-15H,1-2,9-12H2,(H,30,31);2*1-2H3. The number of methoxy groups -OCH3 is 2. The van der Waals surface area contributed by atoms with Crippen LogP contribution in [0.15, 0.2) is 54.6 Å². The highest BCUT2D eigenvalue weighted by atomic mass is 16.6. The average Bonchev–Trinajstić information content (AvgIpc) is 3.15. The molecular formula is C31H34N2O7. The number of nitrogens with zero attached hydrogens (tertiary/aromatic N) is 2. The highest BCUT2D eigenvalue weighted by molar-refractivity contribution is 5.99. The smallest absolute Gasteiger partial charge is 0.340 e. The number of esters is 1. The van der Waals surface area contributed by atoms with Crippen LogP contribution in [0.1, 0.15) is 50.2 Å². The molecule has 0 amide bonds. The van der Waals surface area contributed by atoms with E-state index in [0.29, 0.717) is 33.8 Å². The van der Waals surface area contributed by atoms with Crippen LogP contribution in [-0.2, 0) is 19.8 Å². The number of fused-ring (bicyclic) bond motifs is 6. The Balaban J connectivity index is 0.000000497. The zero-order chi connectivity index (χ0) is 28.4. The van der Waals surface area contributed by atoms with Crippen molar-refractivity contribution in [2.24, 2.45) is 0 Å². The van der Waals surface area contributed by atoms with Gasteiger partial charge < -0.3 is 33.9 Å². The highest BCUT2D eigenvalue weighted by Crippen LogP contribution is 2.57. The minimum atomic E-state index is -1.26. The van der Waals surface area contributed by atoms with Crippen LogP contribution in [0.25, 0.3) is 0 Å². The zero-order valence-corrected chi connectivity index (χ0v) is 23.2. The molecule has 3 aromatic carbocycles. The van der Waals surface area contributed by atoms with E-state index >= 15 is 0 Å². The van der Waals surface area contributed by atoms with Crippen molar-refractivity contribution in [1.29, 1.82) is 0 Å². The lowest BCUT2D eigenvalue weighted by atomic mass is 9.77. The van der Waals surface area contributed by atoms with Crippen molar-refractivity contribution in [3.05, 3.63) is 82.4 Å². The zero-order valence-electron chi connectivity index (χ0n) is 23.2. The van der Waals surface area contributed by atoms with Gasteiger partial charge in [-0.3, -0.25) is 0 Å². The molecule has 0 unspecified atom stereocenters. The fraction of sp³-hybridized carbons (Fsp3) is 0.355. The molecule has 4 aliphatic rings. The number of carbonyl (C=O) groups excluding carboxylic acids is 1. The van der Waals surface area contributed by atoms with Gasteiger partial charge in [0.1, 0.15) is 11.5 Å². The van der Waals surface area contributed by atoms with Gasteiger partial charge in [0.25, 0.3) is 0 Å². The molecule has 0 aliphatic carbocycles. The van der Waals surface area contributed by atoms with Gasteiger partial charge in [0, 0.05) is 94.8 Å². The Kier molecular flexibility index (Phi) is 7.69. The summed E-state index contributed by atoms with van der Waals surface area (Å²) in [5.41, 5.74) is 3.30. The summed E-state index contributed by atoms with van der Waals surface area (Å²) >= 11 is 0. The lowest BCUT2D eigenvalue weighted by Gasteiger charge is -2.39. The lowest BCUT2D eigenvalue weighted by molar-refractivity contribution is 0.0224. The second kappa shape index (κ2) is 11.2. The van der Waals surface area contributed by atoms with Gasteiger partial charge >= 0.3 is 11.9 Å². The lowest BCUT2D eigenvalue weighted by Crippen LogP contribution is -2.38. The summed E-state index contributed by atoms with van der Waals surface area (Å²) in [6, 6.07) is 16.5. The molecule has 3 aromatic rings. The van der Waals surface area contributed by atoms with E-state index in [4.69, 9.17) is 9.47 Å². The van der Waals surface area contributed by atoms with Gasteiger partial charge in [-0.2, -0.15) is 0 Å². The Hall–Kier alpha value is -4.08. The highest BCUT2D eigenvalue weighted by Gasteiger charge is 2.54. The Morgan fingerprint density at radius 3 is 1.70 bits per heavy atom. The Morgan fingerprint density at radius 2 is 1.27 bits per heavy atom. The molecule has 0 atom stereocenters. The van der Waals surface area contributed by atoms with Crippen LogP contribution in [0, 0.1) is 0 Å². The summed E-state index contributed by atoms with van der Waals surface area (Å²) in [4.78, 5) is 29.4. The van der Waals surface area contributed by atoms with E-state index in [-0.39, 0.29) is 5.56 Å². The third-order valence-corrected chi connectivity index (χ3v) is 7.46. The van der Waals surface area contributed by atoms with Crippen molar-refractivity contribution in [3.63, 3.8) is 0 Å². The second-order valence-electron chi connectivity index (χ2n) is 10.1. The number of anilines is 2. The third kappa shape index (κ3) is 4.55. The van der Waals surface area contributed by atoms with Gasteiger partial charge in [-0.05, 0) is 55.3 Å². The Morgan fingerprint density at radius 1 is 0.775 bits per heavy atom. The van der Waals surface area contributed by atoms with Crippen molar-refractivity contribution in [2.45, 2.75) is 18.4 Å². The number of carbonyl (C=O) groups is 2. The van der Waals surface area contributed by atoms with E-state index in [1.807, 2.05) is 36.4 Å². The first-order chi connectivity index (χ1) is 19.4. The molecule has 4 aliphatic heterocycles. The number of carboxylic acids is 1. The van der Waals surface area contributed by atoms with Crippen LogP contribution in [0.3, 0.4) is 0 Å². The van der Waals surface area contributed by atoms with Crippen LogP contribution in [0.4, 0.5) is 11.4 Å². The number of benzene rings is 3. The predicted octanol–water partition coefficient (Wildman–Crippen LogP) is 4.90. The van der Waals surface area contributed by atoms with E-state index in [0.717, 1.165) is 50.4 Å². The normalized spacial score (nSPS) is 16.9. The number of carboxylic acid groups (broad SMARTS) is 1. The quantitative estimate of drug-likeness (QED) is 0.460. The average molecular weight is 547 g/mol. The predicted molar refractivity (Wildman–Crippen MR) is 151 cm³/mol. The first kappa shape index (κ1) is 27.5. The van der Waals surface area contributed by atoms with Crippen molar-refractivity contribution in [2.75, 3.05) is 64.4 Å². The first-order valence-electron chi connectivity index (χ1n) is 13.3. The van der Waals surface area contributed by atoms with Crippen molar-refractivity contribution in [1.82, 2.24) is 0 Å². The summed E-state index contributed by atoms with van der Waals surface area (Å²) in [6.45, 7) is 4.00. The molecule has 2 fully saturated rings. The molecule has 40 heavy (non-hydrogen) atoms. The molecule has 1 spiro atoms. The van der Waals surface area contributed by atoms with Crippen LogP contribution >= 0.6 is 0 Å². The maximum Gasteiger partial charge on any atom is 0.340 e. The number of hydrogen-bond donors (Lipinski definition) is 1. The van der Waals surface area contributed by atoms with E-state index in [9.17, 15) is 14.7 Å². The van der Waals surface area contributed by atoms with E-state index in [1.54, 1.807) is 40.6 Å². The van der Waals surface area contributed by atoms with Gasteiger partial charge in [-0.15, -0.1) is 0 Å². The van der Waals surface area contributed by atoms with E-state index in [2.05, 4.69) is 19.3 Å². The minimum absolute atomic E-state index is 0.111.